The van der Waals surface area contributed by atoms with Crippen molar-refractivity contribution in [2.24, 2.45) is 34.1 Å². The zero-order valence-electron chi connectivity index (χ0n) is 60.6. The van der Waals surface area contributed by atoms with E-state index >= 15 is 0 Å². The number of hydrogen-bond acceptors (Lipinski definition) is 0. The van der Waals surface area contributed by atoms with Crippen LogP contribution in [-0.4, -0.2) is 0 Å². The second kappa shape index (κ2) is 33.1. The van der Waals surface area contributed by atoms with Crippen molar-refractivity contribution in [3.63, 3.8) is 0 Å². The standard InChI is InChI=1S/C25H28N.C24H26N.C23H26N.C22H24N/c1-19-9-6-7-14-24(19)25-16-15-23(18-26(25)2)22-13-8-12-21(17-22)20-10-4-3-5-11-20;1-18-8-3-6-13-23(18)24-15-14-22(17-25(24)2)21-12-7-11-20(16-21)19-9-4-5-10-19;1-17(2)14-19-9-7-10-20(15-19)21-12-13-23(24(4)16-21)22-11-6-5-8-18(22)3;1-16(2)18-9-7-10-19(14-18)20-12-13-22(23(4)15-20)21-11-6-5-8-17(21)3/h6-9,12-18,20H,3-5,10-11H2,1-2H3;3,6-8,11-17,19H,4-5,9-10H2,1-2H3;5-13,15-17H,14H2,1-4H3;5-16H,1-4H3/q4*+1. The number of aryl methyl sites for hydroxylation is 8. The summed E-state index contributed by atoms with van der Waals surface area (Å²) < 4.78 is 8.96. The number of nitrogens with zero attached hydrogens (tertiary/aromatic N) is 4. The highest BCUT2D eigenvalue weighted by Gasteiger charge is 2.22. The molecule has 2 aliphatic rings. The smallest absolute Gasteiger partial charge is 0.200 e. The quantitative estimate of drug-likeness (QED) is 0.102. The molecule has 0 amide bonds. The lowest BCUT2D eigenvalue weighted by Crippen LogP contribution is -2.30. The van der Waals surface area contributed by atoms with Crippen LogP contribution in [0.4, 0.5) is 0 Å². The first-order valence-electron chi connectivity index (χ1n) is 36.2. The van der Waals surface area contributed by atoms with Crippen LogP contribution >= 0.6 is 0 Å². The Hall–Kier alpha value is -9.64. The van der Waals surface area contributed by atoms with Gasteiger partial charge in [-0.05, 0) is 199 Å². The fourth-order valence-corrected chi connectivity index (χ4v) is 14.7. The Bertz CT molecular complexity index is 4650. The molecule has 4 heteroatoms. The first-order valence-corrected chi connectivity index (χ1v) is 36.2. The van der Waals surface area contributed by atoms with Gasteiger partial charge in [0.1, 0.15) is 28.2 Å². The van der Waals surface area contributed by atoms with Gasteiger partial charge in [0, 0.05) is 68.8 Å². The van der Waals surface area contributed by atoms with Crippen LogP contribution in [0.5, 0.6) is 0 Å². The highest BCUT2D eigenvalue weighted by Crippen LogP contribution is 2.38. The van der Waals surface area contributed by atoms with Gasteiger partial charge in [-0.2, -0.15) is 0 Å². The van der Waals surface area contributed by atoms with Crippen LogP contribution < -0.4 is 18.3 Å². The Balaban J connectivity index is 0.000000132. The van der Waals surface area contributed by atoms with E-state index in [4.69, 9.17) is 0 Å². The highest BCUT2D eigenvalue weighted by molar-refractivity contribution is 5.71. The lowest BCUT2D eigenvalue weighted by atomic mass is 9.83. The van der Waals surface area contributed by atoms with Gasteiger partial charge in [0.15, 0.2) is 24.8 Å². The number of pyridine rings is 4. The summed E-state index contributed by atoms with van der Waals surface area (Å²) in [6, 6.07) is 88.3. The normalized spacial score (nSPS) is 13.1. The van der Waals surface area contributed by atoms with Gasteiger partial charge >= 0.3 is 0 Å². The van der Waals surface area contributed by atoms with Crippen molar-refractivity contribution < 1.29 is 18.3 Å². The average molecular weight is 1290 g/mol. The molecule has 2 saturated carbocycles. The van der Waals surface area contributed by atoms with Gasteiger partial charge in [-0.3, -0.25) is 0 Å². The van der Waals surface area contributed by atoms with Crippen LogP contribution in [0.3, 0.4) is 0 Å². The van der Waals surface area contributed by atoms with Crippen molar-refractivity contribution >= 4 is 0 Å². The Labute approximate surface area is 587 Å². The summed E-state index contributed by atoms with van der Waals surface area (Å²) in [7, 11) is 8.54. The van der Waals surface area contributed by atoms with Gasteiger partial charge in [-0.15, -0.1) is 0 Å². The molecule has 0 radical (unpaired) electrons. The second-order valence-corrected chi connectivity index (χ2v) is 28.6. The maximum atomic E-state index is 2.42. The van der Waals surface area contributed by atoms with Crippen molar-refractivity contribution in [2.75, 3.05) is 0 Å². The third-order valence-corrected chi connectivity index (χ3v) is 20.4. The summed E-state index contributed by atoms with van der Waals surface area (Å²) >= 11 is 0. The predicted octanol–water partition coefficient (Wildman–Crippen LogP) is 22.6. The molecule has 4 heterocycles. The summed E-state index contributed by atoms with van der Waals surface area (Å²) in [5.74, 6) is 2.75. The number of hydrogen-bond donors (Lipinski definition) is 0. The molecule has 0 unspecified atom stereocenters. The van der Waals surface area contributed by atoms with Gasteiger partial charge in [0.05, 0.1) is 0 Å². The lowest BCUT2D eigenvalue weighted by Gasteiger charge is -2.22. The average Bonchev–Trinajstić information content (AvgIpc) is 1.40. The van der Waals surface area contributed by atoms with Crippen molar-refractivity contribution in [3.8, 4) is 89.5 Å². The first kappa shape index (κ1) is 69.7. The third-order valence-electron chi connectivity index (χ3n) is 20.4. The van der Waals surface area contributed by atoms with Crippen LogP contribution in [0, 0.1) is 33.6 Å². The van der Waals surface area contributed by atoms with E-state index in [0.29, 0.717) is 11.8 Å². The molecular formula is C94H104N4+4. The van der Waals surface area contributed by atoms with Crippen LogP contribution in [0.15, 0.2) is 267 Å². The van der Waals surface area contributed by atoms with Crippen LogP contribution in [0.1, 0.15) is 148 Å². The molecule has 8 aromatic carbocycles. The van der Waals surface area contributed by atoms with E-state index < -0.39 is 0 Å². The van der Waals surface area contributed by atoms with E-state index in [-0.39, 0.29) is 0 Å². The molecule has 4 aromatic heterocycles. The van der Waals surface area contributed by atoms with Crippen LogP contribution in [-0.2, 0) is 34.6 Å². The molecule has 14 rings (SSSR count). The minimum absolute atomic E-state index is 0.551. The predicted molar refractivity (Wildman–Crippen MR) is 413 cm³/mol. The van der Waals surface area contributed by atoms with Crippen molar-refractivity contribution in [3.05, 3.63) is 312 Å². The fraction of sp³-hybridized carbons (Fsp3) is 0.277. The molecule has 496 valence electrons. The summed E-state index contributed by atoms with van der Waals surface area (Å²) in [4.78, 5) is 0. The van der Waals surface area contributed by atoms with Crippen LogP contribution in [0.2, 0.25) is 0 Å². The van der Waals surface area contributed by atoms with E-state index in [1.165, 1.54) is 192 Å². The molecule has 2 fully saturated rings. The SMILES string of the molecule is Cc1ccccc1-c1ccc(-c2cccc(C(C)C)c2)c[n+]1C.Cc1ccccc1-c1ccc(-c2cccc(C3CCCC3)c2)c[n+]1C.Cc1ccccc1-c1ccc(-c2cccc(C3CCCCC3)c2)c[n+]1C.Cc1ccccc1-c1ccc(-c2cccc(CC(C)C)c2)c[n+]1C. The Kier molecular flexibility index (Phi) is 23.5. The van der Waals surface area contributed by atoms with E-state index in [0.717, 1.165) is 18.3 Å². The maximum Gasteiger partial charge on any atom is 0.212 e. The summed E-state index contributed by atoms with van der Waals surface area (Å²) in [6.07, 6.45) is 22.5. The molecular weight excluding hydrogens is 1190 g/mol. The van der Waals surface area contributed by atoms with Crippen molar-refractivity contribution in [2.45, 2.75) is 137 Å². The monoisotopic (exact) mass is 1290 g/mol. The zero-order chi connectivity index (χ0) is 68.7. The Morgan fingerprint density at radius 2 is 0.602 bits per heavy atom. The van der Waals surface area contributed by atoms with Gasteiger partial charge in [-0.1, -0.05) is 230 Å². The van der Waals surface area contributed by atoms with E-state index in [2.05, 4.69) is 369 Å². The molecule has 0 saturated heterocycles. The first-order chi connectivity index (χ1) is 47.5. The lowest BCUT2D eigenvalue weighted by molar-refractivity contribution is -0.660. The molecule has 98 heavy (non-hydrogen) atoms. The van der Waals surface area contributed by atoms with Gasteiger partial charge < -0.3 is 0 Å². The summed E-state index contributed by atoms with van der Waals surface area (Å²) in [6.45, 7) is 17.7. The summed E-state index contributed by atoms with van der Waals surface area (Å²) in [5, 5.41) is 0. The minimum atomic E-state index is 0.551. The topological polar surface area (TPSA) is 15.5 Å². The third kappa shape index (κ3) is 17.5. The second-order valence-electron chi connectivity index (χ2n) is 28.6. The van der Waals surface area contributed by atoms with E-state index in [1.54, 1.807) is 0 Å². The summed E-state index contributed by atoms with van der Waals surface area (Å²) in [5.41, 5.74) is 31.6. The van der Waals surface area contributed by atoms with Gasteiger partial charge in [0.25, 0.3) is 0 Å². The van der Waals surface area contributed by atoms with E-state index in [1.807, 2.05) is 0 Å². The zero-order valence-corrected chi connectivity index (χ0v) is 60.6. The molecule has 12 aromatic rings. The largest absolute Gasteiger partial charge is 0.212 e. The maximum absolute atomic E-state index is 2.42. The fourth-order valence-electron chi connectivity index (χ4n) is 14.7. The molecule has 0 N–H and O–H groups in total. The number of aromatic nitrogens is 4. The minimum Gasteiger partial charge on any atom is -0.200 e. The van der Waals surface area contributed by atoms with Crippen LogP contribution in [0.25, 0.3) is 89.5 Å². The molecule has 0 atom stereocenters. The molecule has 0 spiro atoms. The van der Waals surface area contributed by atoms with Gasteiger partial charge in [-0.25, -0.2) is 18.3 Å². The van der Waals surface area contributed by atoms with Crippen molar-refractivity contribution in [1.82, 2.24) is 0 Å². The Morgan fingerprint density at radius 1 is 0.296 bits per heavy atom. The van der Waals surface area contributed by atoms with Gasteiger partial charge in [0.2, 0.25) is 22.8 Å². The molecule has 0 bridgehead atoms. The molecule has 0 aliphatic heterocycles. The molecule has 4 nitrogen and oxygen atoms in total. The highest BCUT2D eigenvalue weighted by atomic mass is 14.9. The Morgan fingerprint density at radius 3 is 0.929 bits per heavy atom. The number of benzene rings is 8. The molecule has 2 aliphatic carbocycles. The number of rotatable bonds is 13. The van der Waals surface area contributed by atoms with E-state index in [9.17, 15) is 0 Å². The van der Waals surface area contributed by atoms with Crippen molar-refractivity contribution in [1.29, 1.82) is 0 Å².